The monoisotopic (exact) mass is 559 g/mol. The third-order valence-electron chi connectivity index (χ3n) is 6.62. The number of nitrogen functional groups attached to an aromatic ring is 1. The van der Waals surface area contributed by atoms with Crippen molar-refractivity contribution < 1.29 is 13.2 Å². The highest BCUT2D eigenvalue weighted by molar-refractivity contribution is 7.90. The van der Waals surface area contributed by atoms with Crippen molar-refractivity contribution in [3.63, 3.8) is 0 Å². The molecule has 2 heterocycles. The zero-order valence-electron chi connectivity index (χ0n) is 22.6. The molecule has 11 heteroatoms. The van der Waals surface area contributed by atoms with Gasteiger partial charge in [0, 0.05) is 35.7 Å². The van der Waals surface area contributed by atoms with Gasteiger partial charge in [-0.3, -0.25) is 4.68 Å². The molecular weight excluding hydrogens is 526 g/mol. The second-order valence-electron chi connectivity index (χ2n) is 9.72. The van der Waals surface area contributed by atoms with E-state index in [1.54, 1.807) is 7.11 Å². The molecule has 208 valence electrons. The van der Waals surface area contributed by atoms with Crippen molar-refractivity contribution in [1.82, 2.24) is 25.1 Å². The Bertz CT molecular complexity index is 1740. The van der Waals surface area contributed by atoms with Gasteiger partial charge in [0.05, 0.1) is 42.3 Å². The first-order valence-corrected chi connectivity index (χ1v) is 15.1. The molecule has 0 bridgehead atoms. The van der Waals surface area contributed by atoms with Crippen LogP contribution in [0.1, 0.15) is 12.0 Å². The fourth-order valence-corrected chi connectivity index (χ4v) is 5.06. The van der Waals surface area contributed by atoms with E-state index in [2.05, 4.69) is 32.8 Å². The number of benzene rings is 3. The summed E-state index contributed by atoms with van der Waals surface area (Å²) in [5.74, 6) is 1.69. The van der Waals surface area contributed by atoms with Crippen LogP contribution in [0, 0.1) is 0 Å². The zero-order valence-corrected chi connectivity index (χ0v) is 23.4. The number of rotatable bonds is 12. The van der Waals surface area contributed by atoms with Crippen LogP contribution in [0.5, 0.6) is 5.75 Å². The Labute approximate surface area is 233 Å². The topological polar surface area (TPSA) is 137 Å². The maximum atomic E-state index is 11.3. The maximum Gasteiger partial charge on any atom is 0.162 e. The molecule has 2 aromatic heterocycles. The van der Waals surface area contributed by atoms with Gasteiger partial charge in [-0.1, -0.05) is 30.3 Å². The lowest BCUT2D eigenvalue weighted by molar-refractivity contribution is 0.417. The average Bonchev–Trinajstić information content (AvgIpc) is 3.33. The van der Waals surface area contributed by atoms with Gasteiger partial charge >= 0.3 is 0 Å². The second kappa shape index (κ2) is 11.9. The van der Waals surface area contributed by atoms with Gasteiger partial charge in [0.15, 0.2) is 5.82 Å². The van der Waals surface area contributed by atoms with Crippen molar-refractivity contribution in [1.29, 1.82) is 0 Å². The van der Waals surface area contributed by atoms with Crippen molar-refractivity contribution in [2.45, 2.75) is 13.0 Å². The van der Waals surface area contributed by atoms with E-state index in [0.29, 0.717) is 54.5 Å². The fraction of sp³-hybridized carbons (Fsp3) is 0.276. The Balaban J connectivity index is 1.34. The summed E-state index contributed by atoms with van der Waals surface area (Å²) in [7, 11) is -1.35. The van der Waals surface area contributed by atoms with Gasteiger partial charge in [-0.25, -0.2) is 18.4 Å². The number of nitrogens with zero attached hydrogens (tertiary/aromatic N) is 4. The predicted octanol–water partition coefficient (Wildman–Crippen LogP) is 3.72. The van der Waals surface area contributed by atoms with Crippen LogP contribution in [-0.2, 0) is 16.4 Å². The first-order valence-electron chi connectivity index (χ1n) is 13.1. The van der Waals surface area contributed by atoms with Crippen LogP contribution in [0.15, 0.2) is 66.9 Å². The van der Waals surface area contributed by atoms with Crippen molar-refractivity contribution >= 4 is 43.1 Å². The number of ether oxygens (including phenoxy) is 1. The summed E-state index contributed by atoms with van der Waals surface area (Å²) in [6.45, 7) is 2.50. The number of fused-ring (bicyclic) bond motifs is 2. The molecule has 0 radical (unpaired) electrons. The van der Waals surface area contributed by atoms with Crippen LogP contribution in [0.2, 0.25) is 0 Å². The van der Waals surface area contributed by atoms with E-state index in [9.17, 15) is 8.42 Å². The van der Waals surface area contributed by atoms with Crippen molar-refractivity contribution in [2.75, 3.05) is 49.8 Å². The fourth-order valence-electron chi connectivity index (χ4n) is 4.54. The van der Waals surface area contributed by atoms with E-state index >= 15 is 0 Å². The Morgan fingerprint density at radius 3 is 2.60 bits per heavy atom. The van der Waals surface area contributed by atoms with E-state index in [0.717, 1.165) is 28.6 Å². The molecule has 0 saturated heterocycles. The molecule has 10 nitrogen and oxygen atoms in total. The quantitative estimate of drug-likeness (QED) is 0.195. The van der Waals surface area contributed by atoms with Crippen LogP contribution in [0.4, 0.5) is 11.5 Å². The van der Waals surface area contributed by atoms with Crippen LogP contribution >= 0.6 is 0 Å². The Morgan fingerprint density at radius 1 is 1.00 bits per heavy atom. The highest BCUT2D eigenvalue weighted by atomic mass is 32.2. The first kappa shape index (κ1) is 27.4. The van der Waals surface area contributed by atoms with E-state index < -0.39 is 9.84 Å². The summed E-state index contributed by atoms with van der Waals surface area (Å²) in [5.41, 5.74) is 10.9. The minimum Gasteiger partial charge on any atom is -0.495 e. The van der Waals surface area contributed by atoms with Crippen LogP contribution in [0.3, 0.4) is 0 Å². The van der Waals surface area contributed by atoms with Crippen LogP contribution in [0.25, 0.3) is 33.2 Å². The number of hydrogen-bond donors (Lipinski definition) is 3. The molecule has 0 unspecified atom stereocenters. The van der Waals surface area contributed by atoms with Gasteiger partial charge in [-0.2, -0.15) is 5.10 Å². The molecule has 0 aliphatic rings. The Kier molecular flexibility index (Phi) is 8.13. The molecular formula is C29H33N7O3S. The van der Waals surface area contributed by atoms with Gasteiger partial charge < -0.3 is 21.1 Å². The molecule has 0 saturated carbocycles. The molecule has 5 rings (SSSR count). The summed E-state index contributed by atoms with van der Waals surface area (Å²) in [5, 5.41) is 12.8. The third kappa shape index (κ3) is 6.49. The van der Waals surface area contributed by atoms with Gasteiger partial charge in [0.1, 0.15) is 21.4 Å². The normalized spacial score (nSPS) is 11.8. The van der Waals surface area contributed by atoms with Crippen molar-refractivity contribution in [3.8, 4) is 17.1 Å². The molecule has 0 aliphatic carbocycles. The summed E-state index contributed by atoms with van der Waals surface area (Å²) in [6.07, 6.45) is 3.90. The van der Waals surface area contributed by atoms with Crippen LogP contribution in [-0.4, -0.2) is 66.9 Å². The predicted molar refractivity (Wildman–Crippen MR) is 160 cm³/mol. The maximum absolute atomic E-state index is 11.3. The standard InChI is InChI=1S/C29H33N7O3S/c1-39-27-16-23-24(17-25(27)32-12-6-11-31-13-14-40(2,37)38)34-29(35-28(23)30)21-9-10-26-22(15-21)18-33-36(26)19-20-7-4-3-5-8-20/h3-5,7-10,15-18,31-32H,6,11-14,19H2,1-2H3,(H2,30,34,35). The van der Waals surface area contributed by atoms with Gasteiger partial charge in [0.2, 0.25) is 0 Å². The SMILES string of the molecule is COc1cc2c(N)nc(-c3ccc4c(cnn4Cc4ccccc4)c3)nc2cc1NCCCNCCS(C)(=O)=O. The summed E-state index contributed by atoms with van der Waals surface area (Å²) in [6, 6.07) is 20.1. The summed E-state index contributed by atoms with van der Waals surface area (Å²) < 4.78 is 30.1. The Hall–Kier alpha value is -4.22. The van der Waals surface area contributed by atoms with Gasteiger partial charge in [-0.15, -0.1) is 0 Å². The van der Waals surface area contributed by atoms with Gasteiger partial charge in [-0.05, 0) is 48.9 Å². The molecule has 5 aromatic rings. The minimum atomic E-state index is -2.96. The number of sulfone groups is 1. The number of anilines is 2. The molecule has 0 fully saturated rings. The smallest absolute Gasteiger partial charge is 0.162 e. The molecule has 4 N–H and O–H groups in total. The molecule has 0 spiro atoms. The molecule has 0 atom stereocenters. The highest BCUT2D eigenvalue weighted by Gasteiger charge is 2.14. The lowest BCUT2D eigenvalue weighted by Crippen LogP contribution is -2.24. The van der Waals surface area contributed by atoms with E-state index in [1.165, 1.54) is 11.8 Å². The highest BCUT2D eigenvalue weighted by Crippen LogP contribution is 2.33. The Morgan fingerprint density at radius 2 is 1.82 bits per heavy atom. The minimum absolute atomic E-state index is 0.130. The van der Waals surface area contributed by atoms with Crippen LogP contribution < -0.4 is 21.1 Å². The van der Waals surface area contributed by atoms with Gasteiger partial charge in [0.25, 0.3) is 0 Å². The largest absolute Gasteiger partial charge is 0.495 e. The number of nitrogens with one attached hydrogen (secondary N) is 2. The van der Waals surface area contributed by atoms with E-state index in [1.807, 2.05) is 59.4 Å². The van der Waals surface area contributed by atoms with E-state index in [-0.39, 0.29) is 5.75 Å². The molecule has 40 heavy (non-hydrogen) atoms. The molecule has 0 aliphatic heterocycles. The number of hydrogen-bond acceptors (Lipinski definition) is 9. The van der Waals surface area contributed by atoms with Crippen molar-refractivity contribution in [2.24, 2.45) is 0 Å². The molecule has 0 amide bonds. The molecule has 3 aromatic carbocycles. The number of methoxy groups -OCH3 is 1. The second-order valence-corrected chi connectivity index (χ2v) is 12.0. The first-order chi connectivity index (χ1) is 19.3. The van der Waals surface area contributed by atoms with E-state index in [4.69, 9.17) is 15.5 Å². The lowest BCUT2D eigenvalue weighted by atomic mass is 10.1. The summed E-state index contributed by atoms with van der Waals surface area (Å²) in [4.78, 5) is 9.42. The average molecular weight is 560 g/mol. The zero-order chi connectivity index (χ0) is 28.1. The number of nitrogens with two attached hydrogens (primary N) is 1. The third-order valence-corrected chi connectivity index (χ3v) is 7.56. The summed E-state index contributed by atoms with van der Waals surface area (Å²) >= 11 is 0. The van der Waals surface area contributed by atoms with Crippen molar-refractivity contribution in [3.05, 3.63) is 72.4 Å². The number of aromatic nitrogens is 4. The lowest BCUT2D eigenvalue weighted by Gasteiger charge is -2.14.